The lowest BCUT2D eigenvalue weighted by atomic mass is 9.92. The van der Waals surface area contributed by atoms with E-state index in [1.165, 1.54) is 17.8 Å². The van der Waals surface area contributed by atoms with Gasteiger partial charge in [-0.2, -0.15) is 0 Å². The second-order valence-electron chi connectivity index (χ2n) is 10.2. The van der Waals surface area contributed by atoms with Crippen LogP contribution in [0, 0.1) is 13.8 Å². The lowest BCUT2D eigenvalue weighted by molar-refractivity contribution is -0.136. The Morgan fingerprint density at radius 3 is 2.55 bits per heavy atom. The molecule has 0 fully saturated rings. The zero-order valence-corrected chi connectivity index (χ0v) is 22.2. The molecule has 0 atom stereocenters. The molecule has 0 unspecified atom stereocenters. The van der Waals surface area contributed by atoms with E-state index in [0.29, 0.717) is 47.8 Å². The van der Waals surface area contributed by atoms with Gasteiger partial charge >= 0.3 is 5.97 Å². The van der Waals surface area contributed by atoms with E-state index in [9.17, 15) is 24.6 Å². The summed E-state index contributed by atoms with van der Waals surface area (Å²) in [6, 6.07) is 8.87. The van der Waals surface area contributed by atoms with E-state index in [-0.39, 0.29) is 11.3 Å². The van der Waals surface area contributed by atoms with Crippen LogP contribution < -0.4 is 20.5 Å². The maximum absolute atomic E-state index is 13.3. The number of aliphatic carboxylic acids is 1. The number of nitrogens with one attached hydrogen (secondary N) is 1. The molecule has 1 aromatic carbocycles. The fraction of sp³-hybridized carbons (Fsp3) is 0.357. The molecule has 38 heavy (non-hydrogen) atoms. The Kier molecular flexibility index (Phi) is 7.28. The van der Waals surface area contributed by atoms with Gasteiger partial charge in [0.15, 0.2) is 0 Å². The van der Waals surface area contributed by atoms with Crippen LogP contribution in [0.2, 0.25) is 0 Å². The molecule has 200 valence electrons. The molecule has 0 bridgehead atoms. The largest absolute Gasteiger partial charge is 0.490 e. The SMILES string of the molecule is Cc1ccc(NC(=O)c2c(C)c(-c3ccc4c(c3)N(CC(C)(C)O)CCO4)c(CC(=O)O)n(C)c2=O)cn1. The van der Waals surface area contributed by atoms with E-state index in [4.69, 9.17) is 4.74 Å². The number of β-amino-alcohol motifs (C(OH)–C–C–N with tert-alkyl or cyclic N) is 1. The van der Waals surface area contributed by atoms with Gasteiger partial charge in [-0.25, -0.2) is 0 Å². The molecule has 0 aliphatic carbocycles. The summed E-state index contributed by atoms with van der Waals surface area (Å²) in [5.41, 5.74) is 2.08. The number of carbonyl (C=O) groups excluding carboxylic acids is 1. The summed E-state index contributed by atoms with van der Waals surface area (Å²) in [6.45, 7) is 8.31. The molecule has 1 amide bonds. The third-order valence-corrected chi connectivity index (χ3v) is 6.46. The predicted molar refractivity (Wildman–Crippen MR) is 144 cm³/mol. The maximum Gasteiger partial charge on any atom is 0.309 e. The van der Waals surface area contributed by atoms with Crippen molar-refractivity contribution in [3.8, 4) is 16.9 Å². The van der Waals surface area contributed by atoms with Crippen LogP contribution in [-0.4, -0.2) is 56.9 Å². The van der Waals surface area contributed by atoms with Gasteiger partial charge in [0, 0.05) is 30.5 Å². The van der Waals surface area contributed by atoms with Crippen molar-refractivity contribution < 1.29 is 24.5 Å². The Hall–Kier alpha value is -4.18. The highest BCUT2D eigenvalue weighted by Crippen LogP contribution is 2.38. The molecule has 10 nitrogen and oxygen atoms in total. The van der Waals surface area contributed by atoms with E-state index in [1.54, 1.807) is 45.0 Å². The van der Waals surface area contributed by atoms with Crippen molar-refractivity contribution in [1.29, 1.82) is 0 Å². The molecule has 1 aliphatic rings. The summed E-state index contributed by atoms with van der Waals surface area (Å²) in [6.07, 6.45) is 1.10. The van der Waals surface area contributed by atoms with Gasteiger partial charge in [-0.3, -0.25) is 19.4 Å². The van der Waals surface area contributed by atoms with E-state index >= 15 is 0 Å². The van der Waals surface area contributed by atoms with Crippen LogP contribution >= 0.6 is 0 Å². The van der Waals surface area contributed by atoms with E-state index in [0.717, 1.165) is 11.4 Å². The number of aliphatic hydroxyl groups is 1. The molecular weight excluding hydrogens is 488 g/mol. The highest BCUT2D eigenvalue weighted by molar-refractivity contribution is 6.06. The molecule has 0 saturated carbocycles. The molecule has 1 aliphatic heterocycles. The first-order chi connectivity index (χ1) is 17.9. The van der Waals surface area contributed by atoms with Crippen molar-refractivity contribution in [2.75, 3.05) is 29.9 Å². The Morgan fingerprint density at radius 1 is 1.18 bits per heavy atom. The summed E-state index contributed by atoms with van der Waals surface area (Å²) < 4.78 is 7.05. The Labute approximate surface area is 220 Å². The Balaban J connectivity index is 1.88. The van der Waals surface area contributed by atoms with Gasteiger partial charge in [-0.05, 0) is 63.1 Å². The monoisotopic (exact) mass is 520 g/mol. The summed E-state index contributed by atoms with van der Waals surface area (Å²) in [4.78, 5) is 44.6. The number of carboxylic acid groups (broad SMARTS) is 1. The molecule has 0 saturated heterocycles. The number of fused-ring (bicyclic) bond motifs is 1. The maximum atomic E-state index is 13.3. The zero-order chi connectivity index (χ0) is 27.8. The van der Waals surface area contributed by atoms with E-state index < -0.39 is 29.5 Å². The van der Waals surface area contributed by atoms with Gasteiger partial charge in [0.25, 0.3) is 11.5 Å². The number of hydrogen-bond donors (Lipinski definition) is 3. The van der Waals surface area contributed by atoms with Crippen LogP contribution in [0.25, 0.3) is 11.1 Å². The van der Waals surface area contributed by atoms with Gasteiger partial charge in [0.2, 0.25) is 0 Å². The zero-order valence-electron chi connectivity index (χ0n) is 22.2. The quantitative estimate of drug-likeness (QED) is 0.433. The molecule has 10 heteroatoms. The van der Waals surface area contributed by atoms with Crippen molar-refractivity contribution in [2.45, 2.75) is 39.7 Å². The number of hydrogen-bond acceptors (Lipinski definition) is 7. The number of ether oxygens (including phenoxy) is 1. The Morgan fingerprint density at radius 2 is 1.92 bits per heavy atom. The third kappa shape index (κ3) is 5.55. The van der Waals surface area contributed by atoms with Gasteiger partial charge < -0.3 is 29.7 Å². The fourth-order valence-corrected chi connectivity index (χ4v) is 4.76. The van der Waals surface area contributed by atoms with E-state index in [1.807, 2.05) is 17.9 Å². The van der Waals surface area contributed by atoms with Crippen molar-refractivity contribution in [2.24, 2.45) is 7.05 Å². The van der Waals surface area contributed by atoms with Gasteiger partial charge in [-0.15, -0.1) is 0 Å². The third-order valence-electron chi connectivity index (χ3n) is 6.46. The van der Waals surface area contributed by atoms with Crippen molar-refractivity contribution in [3.63, 3.8) is 0 Å². The average molecular weight is 521 g/mol. The number of amides is 1. The lowest BCUT2D eigenvalue weighted by Crippen LogP contribution is -2.42. The first kappa shape index (κ1) is 26.9. The number of carbonyl (C=O) groups is 2. The normalized spacial score (nSPS) is 13.1. The highest BCUT2D eigenvalue weighted by atomic mass is 16.5. The van der Waals surface area contributed by atoms with E-state index in [2.05, 4.69) is 10.3 Å². The molecule has 3 N–H and O–H groups in total. The fourth-order valence-electron chi connectivity index (χ4n) is 4.76. The number of anilines is 2. The number of nitrogens with zero attached hydrogens (tertiary/aromatic N) is 3. The van der Waals surface area contributed by atoms with Crippen LogP contribution in [0.15, 0.2) is 41.3 Å². The molecule has 2 aromatic heterocycles. The van der Waals surface area contributed by atoms with Crippen LogP contribution in [0.3, 0.4) is 0 Å². The summed E-state index contributed by atoms with van der Waals surface area (Å²) >= 11 is 0. The minimum atomic E-state index is -1.10. The minimum absolute atomic E-state index is 0.0838. The second-order valence-corrected chi connectivity index (χ2v) is 10.2. The summed E-state index contributed by atoms with van der Waals surface area (Å²) in [7, 11) is 1.47. The predicted octanol–water partition coefficient (Wildman–Crippen LogP) is 2.91. The second kappa shape index (κ2) is 10.3. The molecule has 0 spiro atoms. The highest BCUT2D eigenvalue weighted by Gasteiger charge is 2.28. The van der Waals surface area contributed by atoms with Crippen molar-refractivity contribution in [3.05, 3.63) is 69.4 Å². The van der Waals surface area contributed by atoms with Crippen molar-refractivity contribution in [1.82, 2.24) is 9.55 Å². The number of carboxylic acids is 1. The molecule has 3 aromatic rings. The molecule has 4 rings (SSSR count). The minimum Gasteiger partial charge on any atom is -0.490 e. The van der Waals surface area contributed by atoms with Gasteiger partial charge in [0.05, 0.1) is 36.1 Å². The number of pyridine rings is 2. The lowest BCUT2D eigenvalue weighted by Gasteiger charge is -2.35. The van der Waals surface area contributed by atoms with Crippen LogP contribution in [0.5, 0.6) is 5.75 Å². The molecule has 3 heterocycles. The number of rotatable bonds is 7. The number of benzene rings is 1. The summed E-state index contributed by atoms with van der Waals surface area (Å²) in [5.74, 6) is -1.08. The van der Waals surface area contributed by atoms with Crippen LogP contribution in [0.4, 0.5) is 11.4 Å². The Bertz CT molecular complexity index is 1450. The number of aromatic nitrogens is 2. The van der Waals surface area contributed by atoms with Crippen LogP contribution in [-0.2, 0) is 18.3 Å². The first-order valence-electron chi connectivity index (χ1n) is 12.3. The standard InChI is InChI=1S/C28H32N4O6/c1-16-6-8-19(14-29-16)30-26(35)25-17(2)24(21(13-23(33)34)31(5)27(25)36)18-7-9-22-20(12-18)32(10-11-38-22)15-28(3,4)37/h6-9,12,14,37H,10-11,13,15H2,1-5H3,(H,30,35)(H,33,34). The first-order valence-corrected chi connectivity index (χ1v) is 12.3. The molecular formula is C28H32N4O6. The smallest absolute Gasteiger partial charge is 0.309 e. The topological polar surface area (TPSA) is 134 Å². The van der Waals surface area contributed by atoms with Gasteiger partial charge in [-0.1, -0.05) is 6.07 Å². The average Bonchev–Trinajstić information content (AvgIpc) is 2.83. The molecule has 0 radical (unpaired) electrons. The van der Waals surface area contributed by atoms with Crippen LogP contribution in [0.1, 0.15) is 41.2 Å². The van der Waals surface area contributed by atoms with Crippen molar-refractivity contribution >= 4 is 23.3 Å². The van der Waals surface area contributed by atoms with Gasteiger partial charge in [0.1, 0.15) is 17.9 Å². The number of aryl methyl sites for hydroxylation is 1. The summed E-state index contributed by atoms with van der Waals surface area (Å²) in [5, 5.41) is 22.8.